The number of nitrogens with zero attached hydrogens (tertiary/aromatic N) is 4. The van der Waals surface area contributed by atoms with Gasteiger partial charge in [-0.2, -0.15) is 0 Å². The number of amides is 1. The third-order valence-corrected chi connectivity index (χ3v) is 7.98. The molecule has 1 atom stereocenters. The first-order valence-electron chi connectivity index (χ1n) is 13.5. The average molecular weight is 587 g/mol. The van der Waals surface area contributed by atoms with Gasteiger partial charge in [0.05, 0.1) is 29.6 Å². The molecule has 0 bridgehead atoms. The third kappa shape index (κ3) is 5.18. The Labute approximate surface area is 246 Å². The number of fused-ring (bicyclic) bond motifs is 1. The van der Waals surface area contributed by atoms with Crippen molar-refractivity contribution in [2.24, 2.45) is 0 Å². The van der Waals surface area contributed by atoms with Gasteiger partial charge in [0.2, 0.25) is 0 Å². The van der Waals surface area contributed by atoms with Crippen LogP contribution in [0.5, 0.6) is 5.75 Å². The highest BCUT2D eigenvalue weighted by Crippen LogP contribution is 2.44. The van der Waals surface area contributed by atoms with Crippen molar-refractivity contribution >= 4 is 45.5 Å². The molecule has 1 saturated heterocycles. The van der Waals surface area contributed by atoms with Gasteiger partial charge in [0.1, 0.15) is 28.6 Å². The lowest BCUT2D eigenvalue weighted by Crippen LogP contribution is -2.29. The van der Waals surface area contributed by atoms with Crippen molar-refractivity contribution in [3.63, 3.8) is 0 Å². The van der Waals surface area contributed by atoms with E-state index >= 15 is 0 Å². The lowest BCUT2D eigenvalue weighted by Gasteiger charge is -2.23. The maximum absolute atomic E-state index is 13.7. The first-order valence-corrected chi connectivity index (χ1v) is 14.3. The van der Waals surface area contributed by atoms with Crippen molar-refractivity contribution in [1.29, 1.82) is 0 Å². The van der Waals surface area contributed by atoms with Crippen molar-refractivity contribution in [2.75, 3.05) is 18.1 Å². The molecule has 42 heavy (non-hydrogen) atoms. The van der Waals surface area contributed by atoms with Crippen LogP contribution in [0.15, 0.2) is 66.9 Å². The maximum atomic E-state index is 13.7. The van der Waals surface area contributed by atoms with E-state index < -0.39 is 23.7 Å². The van der Waals surface area contributed by atoms with Gasteiger partial charge in [0, 0.05) is 6.20 Å². The van der Waals surface area contributed by atoms with E-state index in [1.165, 1.54) is 11.0 Å². The molecule has 1 aliphatic heterocycles. The number of thiazole rings is 1. The van der Waals surface area contributed by atoms with E-state index in [1.54, 1.807) is 60.8 Å². The maximum Gasteiger partial charge on any atom is 0.350 e. The van der Waals surface area contributed by atoms with Crippen molar-refractivity contribution < 1.29 is 29.0 Å². The van der Waals surface area contributed by atoms with Crippen LogP contribution in [0.25, 0.3) is 11.4 Å². The van der Waals surface area contributed by atoms with Crippen LogP contribution in [0, 0.1) is 13.8 Å². The minimum atomic E-state index is -1.04. The van der Waals surface area contributed by atoms with Gasteiger partial charge in [-0.05, 0) is 50.1 Å². The van der Waals surface area contributed by atoms with Gasteiger partial charge in [-0.25, -0.2) is 14.8 Å². The molecule has 1 aromatic carbocycles. The predicted molar refractivity (Wildman–Crippen MR) is 159 cm³/mol. The molecule has 0 spiro atoms. The Kier molecular flexibility index (Phi) is 8.21. The fourth-order valence-electron chi connectivity index (χ4n) is 4.83. The number of aliphatic hydroxyl groups is 1. The minimum Gasteiger partial charge on any atom is -0.505 e. The Morgan fingerprint density at radius 3 is 2.60 bits per heavy atom. The molecule has 4 heterocycles. The molecule has 10 nitrogen and oxygen atoms in total. The zero-order valence-corrected chi connectivity index (χ0v) is 24.3. The molecule has 0 saturated carbocycles. The Balaban J connectivity index is 1.66. The summed E-state index contributed by atoms with van der Waals surface area (Å²) >= 11 is 0.940. The fraction of sp³-hybridized carbons (Fsp3) is 0.258. The van der Waals surface area contributed by atoms with Gasteiger partial charge >= 0.3 is 11.9 Å². The van der Waals surface area contributed by atoms with Gasteiger partial charge in [-0.15, -0.1) is 0 Å². The van der Waals surface area contributed by atoms with E-state index in [0.29, 0.717) is 40.6 Å². The third-order valence-electron chi connectivity index (χ3n) is 6.84. The molecule has 1 N–H and O–H groups in total. The molecule has 0 aliphatic carbocycles. The minimum absolute atomic E-state index is 0.0152. The predicted octanol–water partition coefficient (Wildman–Crippen LogP) is 5.56. The van der Waals surface area contributed by atoms with Gasteiger partial charge in [0.25, 0.3) is 5.78 Å². The summed E-state index contributed by atoms with van der Waals surface area (Å²) in [5.74, 6) is -2.09. The van der Waals surface area contributed by atoms with E-state index in [-0.39, 0.29) is 27.9 Å². The number of imidazole rings is 1. The summed E-state index contributed by atoms with van der Waals surface area (Å²) in [7, 11) is 0. The van der Waals surface area contributed by atoms with Crippen LogP contribution in [0.1, 0.15) is 58.1 Å². The quantitative estimate of drug-likeness (QED) is 0.0640. The second-order valence-corrected chi connectivity index (χ2v) is 10.7. The molecule has 1 aliphatic rings. The molecule has 3 aromatic heterocycles. The number of carbonyl (C=O) groups excluding carboxylic acids is 3. The number of esters is 1. The SMILES string of the molecule is C=CCOC(=O)c1sc(N2C(=O)C(=O)C(=C(O)c3c(C)nc4ccccn34)C2c2ccc(OCCCC)cc2)nc1C. The van der Waals surface area contributed by atoms with Crippen LogP contribution in [0.2, 0.25) is 0 Å². The van der Waals surface area contributed by atoms with Crippen molar-refractivity contribution in [3.8, 4) is 5.75 Å². The summed E-state index contributed by atoms with van der Waals surface area (Å²) in [5, 5.41) is 11.8. The fourth-order valence-corrected chi connectivity index (χ4v) is 5.81. The molecule has 4 aromatic rings. The molecule has 5 rings (SSSR count). The molecular formula is C31H30N4O6S. The zero-order valence-electron chi connectivity index (χ0n) is 23.5. The molecule has 11 heteroatoms. The highest BCUT2D eigenvalue weighted by atomic mass is 32.1. The van der Waals surface area contributed by atoms with Crippen LogP contribution in [-0.2, 0) is 14.3 Å². The van der Waals surface area contributed by atoms with Crippen molar-refractivity contribution in [1.82, 2.24) is 14.4 Å². The van der Waals surface area contributed by atoms with Crippen molar-refractivity contribution in [2.45, 2.75) is 39.7 Å². The Hall–Kier alpha value is -4.77. The number of hydrogen-bond donors (Lipinski definition) is 1. The second kappa shape index (κ2) is 12.0. The largest absolute Gasteiger partial charge is 0.505 e. The molecule has 1 fully saturated rings. The van der Waals surface area contributed by atoms with Gasteiger partial charge in [-0.1, -0.05) is 55.5 Å². The Morgan fingerprint density at radius 1 is 1.12 bits per heavy atom. The summed E-state index contributed by atoms with van der Waals surface area (Å²) < 4.78 is 12.7. The standard InChI is InChI=1S/C31H30N4O6S/c1-5-7-17-40-21-13-11-20(12-14-21)25-23(26(36)24-18(3)32-22-10-8-9-15-34(22)24)27(37)29(38)35(25)31-33-19(4)28(42-31)30(39)41-16-6-2/h6,8-15,25,36H,2,5,7,16-17H2,1,3-4H3. The van der Waals surface area contributed by atoms with Crippen LogP contribution in [0.3, 0.4) is 0 Å². The average Bonchev–Trinajstić information content (AvgIpc) is 3.62. The molecule has 1 unspecified atom stereocenters. The number of aliphatic hydroxyl groups excluding tert-OH is 1. The first kappa shape index (κ1) is 28.7. The highest BCUT2D eigenvalue weighted by Gasteiger charge is 2.49. The van der Waals surface area contributed by atoms with Gasteiger partial charge in [0.15, 0.2) is 10.9 Å². The summed E-state index contributed by atoms with van der Waals surface area (Å²) in [5.41, 5.74) is 2.15. The number of benzene rings is 1. The molecule has 216 valence electrons. The van der Waals surface area contributed by atoms with Gasteiger partial charge < -0.3 is 14.6 Å². The number of ether oxygens (including phenoxy) is 2. The normalized spacial score (nSPS) is 16.3. The summed E-state index contributed by atoms with van der Waals surface area (Å²) in [6.45, 7) is 9.55. The van der Waals surface area contributed by atoms with Crippen LogP contribution >= 0.6 is 11.3 Å². The number of aromatic nitrogens is 3. The Morgan fingerprint density at radius 2 is 1.88 bits per heavy atom. The number of unbranched alkanes of at least 4 members (excludes halogenated alkanes) is 1. The number of hydrogen-bond acceptors (Lipinski definition) is 9. The number of rotatable bonds is 10. The van der Waals surface area contributed by atoms with E-state index in [1.807, 2.05) is 6.07 Å². The second-order valence-electron chi connectivity index (χ2n) is 9.71. The molecule has 0 radical (unpaired) electrons. The number of Topliss-reactive ketones (excluding diaryl/α,β-unsaturated/α-hetero) is 1. The number of ketones is 1. The number of aryl methyl sites for hydroxylation is 2. The lowest BCUT2D eigenvalue weighted by molar-refractivity contribution is -0.132. The Bertz CT molecular complexity index is 1720. The summed E-state index contributed by atoms with van der Waals surface area (Å²) in [6.07, 6.45) is 5.07. The van der Waals surface area contributed by atoms with Crippen LogP contribution < -0.4 is 9.64 Å². The summed E-state index contributed by atoms with van der Waals surface area (Å²) in [6, 6.07) is 11.4. The number of pyridine rings is 1. The van der Waals surface area contributed by atoms with E-state index in [9.17, 15) is 19.5 Å². The van der Waals surface area contributed by atoms with E-state index in [0.717, 1.165) is 24.2 Å². The first-order chi connectivity index (χ1) is 20.3. The monoisotopic (exact) mass is 586 g/mol. The van der Waals surface area contributed by atoms with E-state index in [2.05, 4.69) is 23.5 Å². The smallest absolute Gasteiger partial charge is 0.350 e. The number of anilines is 1. The lowest BCUT2D eigenvalue weighted by atomic mass is 9.96. The van der Waals surface area contributed by atoms with Crippen molar-refractivity contribution in [3.05, 3.63) is 94.4 Å². The van der Waals surface area contributed by atoms with E-state index in [4.69, 9.17) is 9.47 Å². The van der Waals surface area contributed by atoms with Crippen LogP contribution in [-0.4, -0.2) is 50.3 Å². The topological polar surface area (TPSA) is 123 Å². The summed E-state index contributed by atoms with van der Waals surface area (Å²) in [4.78, 5) is 50.4. The zero-order chi connectivity index (χ0) is 30.0. The highest BCUT2D eigenvalue weighted by molar-refractivity contribution is 7.17. The molecule has 1 amide bonds. The van der Waals surface area contributed by atoms with Gasteiger partial charge in [-0.3, -0.25) is 18.9 Å². The van der Waals surface area contributed by atoms with Crippen LogP contribution in [0.4, 0.5) is 5.13 Å². The molecular weight excluding hydrogens is 556 g/mol. The number of carbonyl (C=O) groups is 3.